The minimum absolute atomic E-state index is 0.184. The third-order valence-electron chi connectivity index (χ3n) is 12.8. The first-order chi connectivity index (χ1) is 30.9. The maximum atomic E-state index is 11.2. The Balaban J connectivity index is 1.08. The maximum absolute atomic E-state index is 11.2. The predicted octanol–water partition coefficient (Wildman–Crippen LogP) is 14.0. The Morgan fingerprint density at radius 1 is 0.429 bits per heavy atom. The summed E-state index contributed by atoms with van der Waals surface area (Å²) in [6.07, 6.45) is 6.53. The lowest BCUT2D eigenvalue weighted by Crippen LogP contribution is -2.02. The van der Waals surface area contributed by atoms with Gasteiger partial charge in [-0.25, -0.2) is 0 Å². The Bertz CT molecular complexity index is 3640. The van der Waals surface area contributed by atoms with E-state index in [1.165, 1.54) is 22.2 Å². The minimum Gasteiger partial charge on any atom is -0.504 e. The summed E-state index contributed by atoms with van der Waals surface area (Å²) >= 11 is 0. The second kappa shape index (κ2) is 13.8. The average molecular weight is 820 g/mol. The van der Waals surface area contributed by atoms with E-state index in [-0.39, 0.29) is 5.56 Å². The molecule has 1 aliphatic carbocycles. The highest BCUT2D eigenvalue weighted by Crippen LogP contribution is 2.58. The van der Waals surface area contributed by atoms with E-state index < -0.39 is 28.7 Å². The summed E-state index contributed by atoms with van der Waals surface area (Å²) in [5.41, 5.74) is 12.9. The van der Waals surface area contributed by atoms with Gasteiger partial charge in [-0.1, -0.05) is 133 Å². The predicted molar refractivity (Wildman–Crippen MR) is 253 cm³/mol. The van der Waals surface area contributed by atoms with Gasteiger partial charge >= 0.3 is 0 Å². The van der Waals surface area contributed by atoms with Gasteiger partial charge in [-0.2, -0.15) is 0 Å². The molecule has 0 atom stereocenters. The van der Waals surface area contributed by atoms with Crippen molar-refractivity contribution in [3.05, 3.63) is 175 Å². The summed E-state index contributed by atoms with van der Waals surface area (Å²) in [7, 11) is 0. The highest BCUT2D eigenvalue weighted by atomic mass is 16.4. The van der Waals surface area contributed by atoms with E-state index in [2.05, 4.69) is 108 Å². The van der Waals surface area contributed by atoms with Crippen molar-refractivity contribution < 1.29 is 29.9 Å². The molecule has 7 heteroatoms. The van der Waals surface area contributed by atoms with Gasteiger partial charge in [0.15, 0.2) is 11.5 Å². The molecule has 0 bridgehead atoms. The Kier molecular flexibility index (Phi) is 7.98. The molecule has 0 saturated heterocycles. The highest BCUT2D eigenvalue weighted by molar-refractivity contribution is 6.23. The van der Waals surface area contributed by atoms with Crippen LogP contribution in [0.1, 0.15) is 17.7 Å². The van der Waals surface area contributed by atoms with Crippen molar-refractivity contribution in [1.82, 2.24) is 4.57 Å². The van der Waals surface area contributed by atoms with Crippen LogP contribution in [0.5, 0.6) is 28.7 Å². The number of hydrogen-bond donors (Lipinski definition) is 5. The number of para-hydroxylation sites is 2. The molecule has 0 unspecified atom stereocenters. The largest absolute Gasteiger partial charge is 0.504 e. The first kappa shape index (κ1) is 36.4. The van der Waals surface area contributed by atoms with Crippen LogP contribution < -0.4 is 0 Å². The second-order valence-electron chi connectivity index (χ2n) is 16.2. The van der Waals surface area contributed by atoms with Crippen LogP contribution in [0.15, 0.2) is 168 Å². The van der Waals surface area contributed by atoms with Crippen LogP contribution >= 0.6 is 0 Å². The zero-order chi connectivity index (χ0) is 42.5. The van der Waals surface area contributed by atoms with Crippen LogP contribution in [0.3, 0.4) is 0 Å². The highest BCUT2D eigenvalue weighted by Gasteiger charge is 2.28. The van der Waals surface area contributed by atoms with E-state index in [1.807, 2.05) is 66.7 Å². The van der Waals surface area contributed by atoms with Gasteiger partial charge in [-0.05, 0) is 98.6 Å². The number of allylic oxidation sites excluding steroid dienone is 1. The van der Waals surface area contributed by atoms with E-state index in [1.54, 1.807) is 0 Å². The zero-order valence-corrected chi connectivity index (χ0v) is 33.7. The van der Waals surface area contributed by atoms with Crippen LogP contribution in [-0.4, -0.2) is 30.1 Å². The summed E-state index contributed by atoms with van der Waals surface area (Å²) in [6.45, 7) is 0. The van der Waals surface area contributed by atoms with Crippen LogP contribution in [0.4, 0.5) is 0 Å². The normalized spacial score (nSPS) is 12.6. The van der Waals surface area contributed by atoms with Gasteiger partial charge in [0.1, 0.15) is 11.2 Å². The summed E-state index contributed by atoms with van der Waals surface area (Å²) in [5, 5.41) is 60.1. The number of phenols is 5. The van der Waals surface area contributed by atoms with Crippen LogP contribution in [0.2, 0.25) is 0 Å². The number of furan rings is 1. The molecule has 302 valence electrons. The number of phenolic OH excluding ortho intramolecular Hbond substituents is 5. The summed E-state index contributed by atoms with van der Waals surface area (Å²) in [4.78, 5) is 0. The molecule has 0 fully saturated rings. The lowest BCUT2D eigenvalue weighted by Gasteiger charge is -2.20. The number of aromatic nitrogens is 1. The average Bonchev–Trinajstić information content (AvgIpc) is 3.88. The zero-order valence-electron chi connectivity index (χ0n) is 33.7. The van der Waals surface area contributed by atoms with Gasteiger partial charge in [0, 0.05) is 44.2 Å². The van der Waals surface area contributed by atoms with Gasteiger partial charge < -0.3 is 34.5 Å². The fourth-order valence-corrected chi connectivity index (χ4v) is 10.1. The number of aromatic hydroxyl groups is 5. The smallest absolute Gasteiger partial charge is 0.208 e. The summed E-state index contributed by atoms with van der Waals surface area (Å²) in [6, 6.07) is 53.8. The van der Waals surface area contributed by atoms with Gasteiger partial charge in [-0.15, -0.1) is 0 Å². The van der Waals surface area contributed by atoms with Crippen molar-refractivity contribution in [3.63, 3.8) is 0 Å². The quantitative estimate of drug-likeness (QED) is 0.0670. The molecule has 5 N–H and O–H groups in total. The van der Waals surface area contributed by atoms with E-state index in [0.717, 1.165) is 84.6 Å². The molecule has 1 aliphatic rings. The molecule has 11 aromatic rings. The molecule has 0 aliphatic heterocycles. The van der Waals surface area contributed by atoms with Crippen molar-refractivity contribution >= 4 is 60.5 Å². The number of benzene rings is 9. The topological polar surface area (TPSA) is 119 Å². The lowest BCUT2D eigenvalue weighted by atomic mass is 9.84. The SMILES string of the molecule is Oc1c(O)c(O)c(-c2c3ccccc3c(-c3ccc(-c4c(-c5ccc6c(c5)c5c(n6-c6ccccc6)CCC=C5)ccc5oc6ccccc6c45)cc3)c3ccccc23)c(O)c1O. The fraction of sp³-hybridized carbons (Fsp3) is 0.0357. The standard InChI is InChI=1S/C56H37NO6/c58-52-51(53(59)55(61)56(62)54(52)60)49-39-17-6-4-15-37(39)47(38-16-5-7-18-40(38)49)31-22-24-32(25-23-31)48-35(27-29-46-50(48)41-19-9-11-21-45(41)63-46)33-26-28-44-42(30-33)36-14-8-10-20-43(36)57(44)34-12-2-1-3-13-34/h1-9,11-19,21-30,58-62H,10,20H2. The first-order valence-electron chi connectivity index (χ1n) is 20.9. The molecule has 2 heterocycles. The van der Waals surface area contributed by atoms with Gasteiger partial charge in [0.25, 0.3) is 0 Å². The molecule has 63 heavy (non-hydrogen) atoms. The Labute approximate surface area is 360 Å². The van der Waals surface area contributed by atoms with Gasteiger partial charge in [-0.3, -0.25) is 0 Å². The van der Waals surface area contributed by atoms with E-state index >= 15 is 0 Å². The molecule has 0 spiro atoms. The lowest BCUT2D eigenvalue weighted by molar-refractivity contribution is 0.330. The van der Waals surface area contributed by atoms with E-state index in [0.29, 0.717) is 16.3 Å². The number of rotatable bonds is 5. The second-order valence-corrected chi connectivity index (χ2v) is 16.2. The van der Waals surface area contributed by atoms with E-state index in [4.69, 9.17) is 4.42 Å². The molecule has 7 nitrogen and oxygen atoms in total. The minimum atomic E-state index is -1.000. The Morgan fingerprint density at radius 3 is 1.65 bits per heavy atom. The molecule has 0 saturated carbocycles. The van der Waals surface area contributed by atoms with Crippen molar-refractivity contribution in [2.45, 2.75) is 12.8 Å². The molecular weight excluding hydrogens is 783 g/mol. The Hall–Kier alpha value is -8.42. The fourth-order valence-electron chi connectivity index (χ4n) is 10.1. The molecule has 0 amide bonds. The number of hydrogen-bond acceptors (Lipinski definition) is 6. The number of nitrogens with zero attached hydrogens (tertiary/aromatic N) is 1. The van der Waals surface area contributed by atoms with Crippen LogP contribution in [0, 0.1) is 0 Å². The first-order valence-corrected chi connectivity index (χ1v) is 20.9. The molecular formula is C56H37NO6. The third-order valence-corrected chi connectivity index (χ3v) is 12.8. The Morgan fingerprint density at radius 2 is 0.984 bits per heavy atom. The van der Waals surface area contributed by atoms with Gasteiger partial charge in [0.05, 0.1) is 11.1 Å². The van der Waals surface area contributed by atoms with Crippen LogP contribution in [0.25, 0.3) is 111 Å². The van der Waals surface area contributed by atoms with Crippen molar-refractivity contribution in [2.75, 3.05) is 0 Å². The maximum Gasteiger partial charge on any atom is 0.208 e. The molecule has 2 aromatic heterocycles. The number of fused-ring (bicyclic) bond motifs is 8. The molecule has 0 radical (unpaired) electrons. The van der Waals surface area contributed by atoms with Crippen LogP contribution in [-0.2, 0) is 6.42 Å². The van der Waals surface area contributed by atoms with Gasteiger partial charge in [0.2, 0.25) is 17.2 Å². The van der Waals surface area contributed by atoms with Crippen molar-refractivity contribution in [2.24, 2.45) is 0 Å². The van der Waals surface area contributed by atoms with Crippen molar-refractivity contribution in [1.29, 1.82) is 0 Å². The molecule has 12 rings (SSSR count). The third kappa shape index (κ3) is 5.33. The summed E-state index contributed by atoms with van der Waals surface area (Å²) < 4.78 is 8.90. The monoisotopic (exact) mass is 819 g/mol. The van der Waals surface area contributed by atoms with E-state index in [9.17, 15) is 25.5 Å². The molecule has 9 aromatic carbocycles. The summed E-state index contributed by atoms with van der Waals surface area (Å²) in [5.74, 6) is -4.32. The van der Waals surface area contributed by atoms with Crippen molar-refractivity contribution in [3.8, 4) is 78.9 Å².